The maximum absolute atomic E-state index is 6.19. The maximum Gasteiger partial charge on any atom is 0.225 e. The Labute approximate surface area is 113 Å². The van der Waals surface area contributed by atoms with Crippen LogP contribution in [0.3, 0.4) is 0 Å². The molecule has 1 aromatic carbocycles. The van der Waals surface area contributed by atoms with E-state index < -0.39 is 0 Å². The van der Waals surface area contributed by atoms with Crippen molar-refractivity contribution < 1.29 is 0 Å². The third-order valence-corrected chi connectivity index (χ3v) is 3.34. The first-order valence-electron chi connectivity index (χ1n) is 6.42. The fraction of sp³-hybridized carbons (Fsp3) is 0.429. The summed E-state index contributed by atoms with van der Waals surface area (Å²) in [7, 11) is 0. The van der Waals surface area contributed by atoms with Crippen LogP contribution in [0.15, 0.2) is 30.3 Å². The number of benzene rings is 1. The molecule has 0 bridgehead atoms. The minimum absolute atomic E-state index is 0.218. The third kappa shape index (κ3) is 2.56. The number of halogens is 1. The predicted molar refractivity (Wildman–Crippen MR) is 73.9 cm³/mol. The van der Waals surface area contributed by atoms with Crippen LogP contribution >= 0.6 is 11.6 Å². The molecule has 0 aliphatic heterocycles. The Kier molecular flexibility index (Phi) is 4.37. The molecule has 1 heterocycles. The molecule has 1 atom stereocenters. The molecule has 0 radical (unpaired) electrons. The summed E-state index contributed by atoms with van der Waals surface area (Å²) in [6, 6.07) is 10.6. The lowest BCUT2D eigenvalue weighted by molar-refractivity contribution is 0.538. The number of hydrogen-bond donors (Lipinski definition) is 0. The van der Waals surface area contributed by atoms with Crippen LogP contribution < -0.4 is 0 Å². The summed E-state index contributed by atoms with van der Waals surface area (Å²) in [6.45, 7) is 4.29. The lowest BCUT2D eigenvalue weighted by Gasteiger charge is -2.19. The summed E-state index contributed by atoms with van der Waals surface area (Å²) >= 11 is 6.19. The molecule has 0 aliphatic carbocycles. The summed E-state index contributed by atoms with van der Waals surface area (Å²) in [5.74, 6) is 0.971. The lowest BCUT2D eigenvalue weighted by atomic mass is 10.0. The predicted octanol–water partition coefficient (Wildman–Crippen LogP) is 3.88. The summed E-state index contributed by atoms with van der Waals surface area (Å²) < 4.78 is 2.06. The van der Waals surface area contributed by atoms with Crippen molar-refractivity contribution in [2.75, 3.05) is 0 Å². The van der Waals surface area contributed by atoms with Gasteiger partial charge in [0, 0.05) is 6.42 Å². The number of aryl methyl sites for hydroxylation is 1. The van der Waals surface area contributed by atoms with Crippen molar-refractivity contribution in [3.8, 4) is 0 Å². The van der Waals surface area contributed by atoms with Crippen LogP contribution in [-0.4, -0.2) is 14.8 Å². The van der Waals surface area contributed by atoms with Crippen LogP contribution in [0.4, 0.5) is 0 Å². The van der Waals surface area contributed by atoms with Gasteiger partial charge in [-0.15, -0.1) is 10.2 Å². The van der Waals surface area contributed by atoms with Gasteiger partial charge in [0.1, 0.15) is 5.82 Å². The van der Waals surface area contributed by atoms with Crippen molar-refractivity contribution in [1.29, 1.82) is 0 Å². The molecule has 0 saturated heterocycles. The average molecular weight is 264 g/mol. The molecule has 3 nitrogen and oxygen atoms in total. The van der Waals surface area contributed by atoms with Crippen molar-refractivity contribution in [3.05, 3.63) is 47.0 Å². The van der Waals surface area contributed by atoms with E-state index in [1.54, 1.807) is 0 Å². The van der Waals surface area contributed by atoms with Gasteiger partial charge < -0.3 is 0 Å². The van der Waals surface area contributed by atoms with Crippen LogP contribution in [0.1, 0.15) is 44.1 Å². The van der Waals surface area contributed by atoms with E-state index in [0.29, 0.717) is 5.28 Å². The minimum Gasteiger partial charge on any atom is -0.294 e. The smallest absolute Gasteiger partial charge is 0.225 e. The molecule has 18 heavy (non-hydrogen) atoms. The van der Waals surface area contributed by atoms with E-state index in [9.17, 15) is 0 Å². The molecule has 0 fully saturated rings. The second-order valence-corrected chi connectivity index (χ2v) is 4.68. The Balaban J connectivity index is 2.41. The molecule has 0 spiro atoms. The zero-order chi connectivity index (χ0) is 13.0. The van der Waals surface area contributed by atoms with Gasteiger partial charge in [-0.05, 0) is 30.0 Å². The van der Waals surface area contributed by atoms with Crippen molar-refractivity contribution in [2.24, 2.45) is 0 Å². The normalized spacial score (nSPS) is 12.6. The van der Waals surface area contributed by atoms with Crippen LogP contribution in [0.5, 0.6) is 0 Å². The molecule has 0 N–H and O–H groups in total. The summed E-state index contributed by atoms with van der Waals surface area (Å²) in [4.78, 5) is 0. The number of aromatic nitrogens is 3. The monoisotopic (exact) mass is 263 g/mol. The van der Waals surface area contributed by atoms with E-state index in [-0.39, 0.29) is 6.04 Å². The van der Waals surface area contributed by atoms with Crippen LogP contribution in [-0.2, 0) is 6.42 Å². The summed E-state index contributed by atoms with van der Waals surface area (Å²) in [5, 5.41) is 8.67. The second-order valence-electron chi connectivity index (χ2n) is 4.34. The topological polar surface area (TPSA) is 30.7 Å². The van der Waals surface area contributed by atoms with E-state index in [2.05, 4.69) is 52.9 Å². The Hall–Kier alpha value is -1.35. The molecule has 0 aliphatic rings. The van der Waals surface area contributed by atoms with Crippen LogP contribution in [0.2, 0.25) is 5.28 Å². The van der Waals surface area contributed by atoms with Gasteiger partial charge in [0.15, 0.2) is 0 Å². The van der Waals surface area contributed by atoms with Gasteiger partial charge in [0.2, 0.25) is 5.28 Å². The van der Waals surface area contributed by atoms with E-state index in [1.165, 1.54) is 5.56 Å². The highest BCUT2D eigenvalue weighted by Crippen LogP contribution is 2.26. The second kappa shape index (κ2) is 6.01. The largest absolute Gasteiger partial charge is 0.294 e. The Morgan fingerprint density at radius 1 is 1.17 bits per heavy atom. The SMILES string of the molecule is CCCc1nnc(Cl)n1C(CC)c1ccccc1. The van der Waals surface area contributed by atoms with Gasteiger partial charge in [-0.3, -0.25) is 4.57 Å². The highest BCUT2D eigenvalue weighted by atomic mass is 35.5. The Morgan fingerprint density at radius 3 is 2.50 bits per heavy atom. The van der Waals surface area contributed by atoms with Gasteiger partial charge in [-0.1, -0.05) is 44.2 Å². The van der Waals surface area contributed by atoms with Crippen LogP contribution in [0.25, 0.3) is 0 Å². The zero-order valence-corrected chi connectivity index (χ0v) is 11.6. The van der Waals surface area contributed by atoms with E-state index >= 15 is 0 Å². The fourth-order valence-corrected chi connectivity index (χ4v) is 2.50. The van der Waals surface area contributed by atoms with Gasteiger partial charge in [0.05, 0.1) is 6.04 Å². The van der Waals surface area contributed by atoms with Gasteiger partial charge in [-0.25, -0.2) is 0 Å². The average Bonchev–Trinajstić information content (AvgIpc) is 2.75. The maximum atomic E-state index is 6.19. The van der Waals surface area contributed by atoms with Crippen molar-refractivity contribution in [2.45, 2.75) is 39.2 Å². The molecule has 1 unspecified atom stereocenters. The van der Waals surface area contributed by atoms with Gasteiger partial charge in [-0.2, -0.15) is 0 Å². The molecule has 1 aromatic heterocycles. The molecule has 96 valence electrons. The highest BCUT2D eigenvalue weighted by Gasteiger charge is 2.19. The molecule has 0 amide bonds. The third-order valence-electron chi connectivity index (χ3n) is 3.08. The molecule has 2 aromatic rings. The molecule has 4 heteroatoms. The van der Waals surface area contributed by atoms with Gasteiger partial charge >= 0.3 is 0 Å². The molecule has 2 rings (SSSR count). The number of hydrogen-bond acceptors (Lipinski definition) is 2. The highest BCUT2D eigenvalue weighted by molar-refractivity contribution is 6.28. The van der Waals surface area contributed by atoms with Crippen molar-refractivity contribution >= 4 is 11.6 Å². The van der Waals surface area contributed by atoms with Crippen molar-refractivity contribution in [1.82, 2.24) is 14.8 Å². The Bertz CT molecular complexity index is 493. The van der Waals surface area contributed by atoms with E-state index in [1.807, 2.05) is 6.07 Å². The van der Waals surface area contributed by atoms with Crippen LogP contribution in [0, 0.1) is 0 Å². The fourth-order valence-electron chi connectivity index (χ4n) is 2.25. The van der Waals surface area contributed by atoms with E-state index in [4.69, 9.17) is 11.6 Å². The van der Waals surface area contributed by atoms with E-state index in [0.717, 1.165) is 25.1 Å². The van der Waals surface area contributed by atoms with Crippen molar-refractivity contribution in [3.63, 3.8) is 0 Å². The molecular weight excluding hydrogens is 246 g/mol. The quantitative estimate of drug-likeness (QED) is 0.820. The number of rotatable bonds is 5. The molecular formula is C14H18ClN3. The standard InChI is InChI=1S/C14H18ClN3/c1-3-8-13-16-17-14(15)18(13)12(4-2)11-9-6-5-7-10-11/h5-7,9-10,12H,3-4,8H2,1-2H3. The number of nitrogens with zero attached hydrogens (tertiary/aromatic N) is 3. The summed E-state index contributed by atoms with van der Waals surface area (Å²) in [5.41, 5.74) is 1.25. The Morgan fingerprint density at radius 2 is 1.89 bits per heavy atom. The zero-order valence-electron chi connectivity index (χ0n) is 10.8. The lowest BCUT2D eigenvalue weighted by Crippen LogP contribution is -2.13. The minimum atomic E-state index is 0.218. The first-order valence-corrected chi connectivity index (χ1v) is 6.79. The first-order chi connectivity index (χ1) is 8.77. The molecule has 0 saturated carbocycles. The summed E-state index contributed by atoms with van der Waals surface area (Å²) in [6.07, 6.45) is 2.92. The first kappa shape index (κ1) is 13.1. The van der Waals surface area contributed by atoms with Gasteiger partial charge in [0.25, 0.3) is 0 Å².